The van der Waals surface area contributed by atoms with Gasteiger partial charge in [0, 0.05) is 12.6 Å². The number of amides is 2. The van der Waals surface area contributed by atoms with Crippen LogP contribution >= 0.6 is 23.1 Å². The van der Waals surface area contributed by atoms with Gasteiger partial charge in [-0.05, 0) is 50.8 Å². The molecule has 1 unspecified atom stereocenters. The molecule has 1 aliphatic heterocycles. The highest BCUT2D eigenvalue weighted by Gasteiger charge is 2.25. The van der Waals surface area contributed by atoms with Gasteiger partial charge in [-0.15, -0.1) is 11.8 Å². The minimum absolute atomic E-state index is 0.0460. The average molecular weight is 494 g/mol. The van der Waals surface area contributed by atoms with E-state index in [9.17, 15) is 14.4 Å². The summed E-state index contributed by atoms with van der Waals surface area (Å²) >= 11 is 2.60. The number of benzene rings is 1. The van der Waals surface area contributed by atoms with Crippen molar-refractivity contribution < 1.29 is 23.9 Å². The van der Waals surface area contributed by atoms with Crippen molar-refractivity contribution in [3.8, 4) is 5.75 Å². The zero-order valence-electron chi connectivity index (χ0n) is 19.4. The van der Waals surface area contributed by atoms with E-state index in [2.05, 4.69) is 11.9 Å². The number of hydrogen-bond acceptors (Lipinski definition) is 7. The van der Waals surface area contributed by atoms with Gasteiger partial charge in [0.15, 0.2) is 4.80 Å². The number of piperidine rings is 1. The lowest BCUT2D eigenvalue weighted by Crippen LogP contribution is -2.44. The molecule has 2 heterocycles. The number of thioether (sulfide) groups is 1. The Morgan fingerprint density at radius 2 is 2.03 bits per heavy atom. The number of esters is 1. The summed E-state index contributed by atoms with van der Waals surface area (Å²) in [4.78, 5) is 43.8. The average Bonchev–Trinajstić information content (AvgIpc) is 3.14. The van der Waals surface area contributed by atoms with Gasteiger partial charge in [-0.25, -0.2) is 0 Å². The molecule has 1 fully saturated rings. The number of carbonyl (C=O) groups excluding carboxylic acids is 3. The molecule has 3 rings (SSSR count). The molecule has 2 amide bonds. The lowest BCUT2D eigenvalue weighted by Gasteiger charge is -2.35. The lowest BCUT2D eigenvalue weighted by molar-refractivity contribution is -0.141. The molecule has 0 aliphatic carbocycles. The SMILES string of the molecule is CCOc1ccc2c(c1)sc(=NC(=O)CSCC(=O)N1CCCCC1CC)n2CC(=O)OC. The third kappa shape index (κ3) is 6.60. The Labute approximate surface area is 202 Å². The van der Waals surface area contributed by atoms with Gasteiger partial charge < -0.3 is 18.9 Å². The molecule has 0 saturated carbocycles. The normalized spacial score (nSPS) is 16.8. The summed E-state index contributed by atoms with van der Waals surface area (Å²) in [5.41, 5.74) is 0.777. The highest BCUT2D eigenvalue weighted by molar-refractivity contribution is 8.00. The van der Waals surface area contributed by atoms with E-state index in [0.29, 0.717) is 23.2 Å². The summed E-state index contributed by atoms with van der Waals surface area (Å²) in [5.74, 6) is 0.409. The first-order valence-corrected chi connectivity index (χ1v) is 13.2. The van der Waals surface area contributed by atoms with Crippen LogP contribution in [0.5, 0.6) is 5.75 Å². The second-order valence-corrected chi connectivity index (χ2v) is 9.75. The Bertz CT molecular complexity index is 1060. The zero-order valence-corrected chi connectivity index (χ0v) is 21.0. The van der Waals surface area contributed by atoms with E-state index in [1.165, 1.54) is 36.6 Å². The van der Waals surface area contributed by atoms with Gasteiger partial charge in [-0.3, -0.25) is 14.4 Å². The van der Waals surface area contributed by atoms with Crippen LogP contribution < -0.4 is 9.54 Å². The largest absolute Gasteiger partial charge is 0.494 e. The van der Waals surface area contributed by atoms with Crippen molar-refractivity contribution >= 4 is 51.1 Å². The maximum Gasteiger partial charge on any atom is 0.325 e. The fourth-order valence-corrected chi connectivity index (χ4v) is 5.70. The monoisotopic (exact) mass is 493 g/mol. The Morgan fingerprint density at radius 3 is 2.76 bits per heavy atom. The molecule has 1 atom stereocenters. The van der Waals surface area contributed by atoms with Gasteiger partial charge >= 0.3 is 5.97 Å². The van der Waals surface area contributed by atoms with Crippen LogP contribution in [0.2, 0.25) is 0 Å². The molecule has 180 valence electrons. The Hall–Kier alpha value is -2.33. The highest BCUT2D eigenvalue weighted by atomic mass is 32.2. The Kier molecular flexibility index (Phi) is 9.37. The molecule has 1 aromatic heterocycles. The standard InChI is InChI=1S/C23H31N3O5S2/c1-4-16-8-6-7-11-25(16)21(28)15-32-14-20(27)24-23-26(13-22(29)30-3)18-10-9-17(31-5-2)12-19(18)33-23/h9-10,12,16H,4-8,11,13-15H2,1-3H3. The van der Waals surface area contributed by atoms with Crippen molar-refractivity contribution in [2.75, 3.05) is 31.8 Å². The predicted molar refractivity (Wildman–Crippen MR) is 131 cm³/mol. The quantitative estimate of drug-likeness (QED) is 0.498. The predicted octanol–water partition coefficient (Wildman–Crippen LogP) is 3.23. The van der Waals surface area contributed by atoms with Crippen LogP contribution in [-0.4, -0.2) is 65.1 Å². The Balaban J connectivity index is 1.72. The van der Waals surface area contributed by atoms with Gasteiger partial charge in [-0.1, -0.05) is 18.3 Å². The van der Waals surface area contributed by atoms with Crippen molar-refractivity contribution in [1.82, 2.24) is 9.47 Å². The third-order valence-corrected chi connectivity index (χ3v) is 7.51. The highest BCUT2D eigenvalue weighted by Crippen LogP contribution is 2.24. The smallest absolute Gasteiger partial charge is 0.325 e. The molecule has 0 radical (unpaired) electrons. The van der Waals surface area contributed by atoms with Gasteiger partial charge in [0.1, 0.15) is 12.3 Å². The molecule has 0 bridgehead atoms. The minimum Gasteiger partial charge on any atom is -0.494 e. The van der Waals surface area contributed by atoms with Gasteiger partial charge in [-0.2, -0.15) is 4.99 Å². The van der Waals surface area contributed by atoms with Crippen LogP contribution in [0.4, 0.5) is 0 Å². The molecule has 0 N–H and O–H groups in total. The Morgan fingerprint density at radius 1 is 1.21 bits per heavy atom. The second-order valence-electron chi connectivity index (χ2n) is 7.75. The van der Waals surface area contributed by atoms with Crippen LogP contribution in [0.3, 0.4) is 0 Å². The molecular weight excluding hydrogens is 462 g/mol. The van der Waals surface area contributed by atoms with Crippen molar-refractivity contribution in [2.24, 2.45) is 4.99 Å². The number of methoxy groups -OCH3 is 1. The van der Waals surface area contributed by atoms with E-state index >= 15 is 0 Å². The number of nitrogens with zero attached hydrogens (tertiary/aromatic N) is 3. The van der Waals surface area contributed by atoms with Crippen LogP contribution in [-0.2, 0) is 25.7 Å². The number of hydrogen-bond donors (Lipinski definition) is 0. The molecule has 8 nitrogen and oxygen atoms in total. The first-order chi connectivity index (χ1) is 16.0. The second kappa shape index (κ2) is 12.2. The molecule has 10 heteroatoms. The summed E-state index contributed by atoms with van der Waals surface area (Å²) < 4.78 is 12.9. The third-order valence-electron chi connectivity index (χ3n) is 5.57. The maximum atomic E-state index is 12.6. The molecular formula is C23H31N3O5S2. The number of likely N-dealkylation sites (tertiary alicyclic amines) is 1. The van der Waals surface area contributed by atoms with Crippen LogP contribution in [0.1, 0.15) is 39.5 Å². The first-order valence-electron chi connectivity index (χ1n) is 11.2. The number of fused-ring (bicyclic) bond motifs is 1. The summed E-state index contributed by atoms with van der Waals surface area (Å²) in [6, 6.07) is 5.85. The minimum atomic E-state index is -0.426. The van der Waals surface area contributed by atoms with E-state index in [1.807, 2.05) is 30.0 Å². The van der Waals surface area contributed by atoms with Crippen molar-refractivity contribution in [3.63, 3.8) is 0 Å². The topological polar surface area (TPSA) is 90.2 Å². The summed E-state index contributed by atoms with van der Waals surface area (Å²) in [6.07, 6.45) is 4.22. The number of ether oxygens (including phenoxy) is 2. The van der Waals surface area contributed by atoms with Crippen molar-refractivity contribution in [2.45, 2.75) is 52.1 Å². The fourth-order valence-electron chi connectivity index (χ4n) is 3.94. The molecule has 2 aromatic rings. The number of aromatic nitrogens is 1. The van der Waals surface area contributed by atoms with Gasteiger partial charge in [0.05, 0.1) is 35.4 Å². The molecule has 0 spiro atoms. The van der Waals surface area contributed by atoms with E-state index in [4.69, 9.17) is 9.47 Å². The lowest BCUT2D eigenvalue weighted by atomic mass is 10.0. The fraction of sp³-hybridized carbons (Fsp3) is 0.565. The van der Waals surface area contributed by atoms with E-state index in [-0.39, 0.29) is 29.9 Å². The summed E-state index contributed by atoms with van der Waals surface area (Å²) in [5, 5.41) is 0. The number of thiazole rings is 1. The molecule has 1 saturated heterocycles. The first kappa shape index (κ1) is 25.3. The van der Waals surface area contributed by atoms with E-state index in [0.717, 1.165) is 36.0 Å². The van der Waals surface area contributed by atoms with Crippen LogP contribution in [0.15, 0.2) is 23.2 Å². The number of rotatable bonds is 9. The van der Waals surface area contributed by atoms with Crippen LogP contribution in [0, 0.1) is 0 Å². The maximum absolute atomic E-state index is 12.6. The van der Waals surface area contributed by atoms with Crippen molar-refractivity contribution in [3.05, 3.63) is 23.0 Å². The van der Waals surface area contributed by atoms with Gasteiger partial charge in [0.2, 0.25) is 5.91 Å². The number of carbonyl (C=O) groups is 3. The molecule has 1 aromatic carbocycles. The summed E-state index contributed by atoms with van der Waals surface area (Å²) in [6.45, 7) is 5.31. The van der Waals surface area contributed by atoms with E-state index in [1.54, 1.807) is 4.57 Å². The summed E-state index contributed by atoms with van der Waals surface area (Å²) in [7, 11) is 1.33. The molecule has 1 aliphatic rings. The van der Waals surface area contributed by atoms with Crippen molar-refractivity contribution in [1.29, 1.82) is 0 Å². The van der Waals surface area contributed by atoms with Gasteiger partial charge in [0.25, 0.3) is 5.91 Å². The molecule has 33 heavy (non-hydrogen) atoms. The zero-order chi connectivity index (χ0) is 23.8. The van der Waals surface area contributed by atoms with E-state index < -0.39 is 5.97 Å². The van der Waals surface area contributed by atoms with Crippen LogP contribution in [0.25, 0.3) is 10.2 Å².